The van der Waals surface area contributed by atoms with Crippen LogP contribution < -0.4 is 5.32 Å². The molecule has 4 aromatic rings. The third-order valence-electron chi connectivity index (χ3n) is 5.60. The molecule has 1 amide bonds. The van der Waals surface area contributed by atoms with E-state index in [0.717, 1.165) is 40.9 Å². The van der Waals surface area contributed by atoms with Crippen molar-refractivity contribution < 1.29 is 9.53 Å². The van der Waals surface area contributed by atoms with E-state index >= 15 is 0 Å². The smallest absolute Gasteiger partial charge is 0.256 e. The first-order chi connectivity index (χ1) is 15.6. The number of nitrogens with zero attached hydrogens (tertiary/aromatic N) is 4. The first kappa shape index (κ1) is 20.3. The molecule has 0 spiro atoms. The lowest BCUT2D eigenvalue weighted by Crippen LogP contribution is -2.14. The van der Waals surface area contributed by atoms with Crippen LogP contribution in [0.15, 0.2) is 54.7 Å². The number of pyridine rings is 2. The van der Waals surface area contributed by atoms with Gasteiger partial charge in [0.25, 0.3) is 5.91 Å². The van der Waals surface area contributed by atoms with Crippen molar-refractivity contribution in [2.45, 2.75) is 39.2 Å². The molecule has 1 saturated carbocycles. The minimum absolute atomic E-state index is 0.170. The molecule has 0 bridgehead atoms. The molecule has 7 nitrogen and oxygen atoms in total. The molecular formula is C25H25N5O2. The molecule has 3 aromatic heterocycles. The Morgan fingerprint density at radius 2 is 2.06 bits per heavy atom. The van der Waals surface area contributed by atoms with Gasteiger partial charge in [0.1, 0.15) is 0 Å². The van der Waals surface area contributed by atoms with Gasteiger partial charge in [-0.1, -0.05) is 18.2 Å². The van der Waals surface area contributed by atoms with Crippen molar-refractivity contribution >= 4 is 22.6 Å². The van der Waals surface area contributed by atoms with Crippen molar-refractivity contribution in [3.63, 3.8) is 0 Å². The fourth-order valence-corrected chi connectivity index (χ4v) is 3.87. The molecule has 1 N–H and O–H groups in total. The van der Waals surface area contributed by atoms with Gasteiger partial charge in [-0.05, 0) is 62.6 Å². The lowest BCUT2D eigenvalue weighted by Gasteiger charge is -2.10. The summed E-state index contributed by atoms with van der Waals surface area (Å²) in [6, 6.07) is 15.3. The Labute approximate surface area is 186 Å². The van der Waals surface area contributed by atoms with Crippen LogP contribution in [0.5, 0.6) is 0 Å². The van der Waals surface area contributed by atoms with Gasteiger partial charge in [-0.15, -0.1) is 0 Å². The summed E-state index contributed by atoms with van der Waals surface area (Å²) in [6.45, 7) is 5.03. The number of hydrogen-bond donors (Lipinski definition) is 1. The lowest BCUT2D eigenvalue weighted by atomic mass is 10.1. The molecule has 0 saturated heterocycles. The topological polar surface area (TPSA) is 81.9 Å². The number of fused-ring (bicyclic) bond motifs is 1. The number of amides is 1. The van der Waals surface area contributed by atoms with Gasteiger partial charge >= 0.3 is 0 Å². The summed E-state index contributed by atoms with van der Waals surface area (Å²) >= 11 is 0. The molecule has 1 aliphatic carbocycles. The molecule has 1 fully saturated rings. The number of carbonyl (C=O) groups excluding carboxylic acids is 1. The Morgan fingerprint density at radius 3 is 2.81 bits per heavy atom. The standard InChI is InChI=1S/C25H25N5O2/c1-3-32-15-17-7-6-8-19(13-17)27-25(31)20-14-21(18-10-11-18)28-24-23(20)16(2)29-30(24)22-9-4-5-12-26-22/h4-9,12-14,18H,3,10-11,15H2,1-2H3,(H,27,31). The lowest BCUT2D eigenvalue weighted by molar-refractivity contribution is 0.102. The Bertz CT molecular complexity index is 1280. The summed E-state index contributed by atoms with van der Waals surface area (Å²) in [5.41, 5.74) is 4.69. The highest BCUT2D eigenvalue weighted by atomic mass is 16.5. The van der Waals surface area contributed by atoms with E-state index in [1.165, 1.54) is 0 Å². The van der Waals surface area contributed by atoms with Gasteiger partial charge in [-0.2, -0.15) is 9.78 Å². The normalized spacial score (nSPS) is 13.4. The predicted molar refractivity (Wildman–Crippen MR) is 123 cm³/mol. The van der Waals surface area contributed by atoms with Crippen LogP contribution in [-0.4, -0.2) is 32.3 Å². The van der Waals surface area contributed by atoms with Gasteiger partial charge in [-0.3, -0.25) is 4.79 Å². The van der Waals surface area contributed by atoms with Crippen LogP contribution in [0.1, 0.15) is 53.0 Å². The minimum Gasteiger partial charge on any atom is -0.377 e. The molecule has 0 radical (unpaired) electrons. The maximum Gasteiger partial charge on any atom is 0.256 e. The Kier molecular flexibility index (Phi) is 5.41. The van der Waals surface area contributed by atoms with E-state index in [0.29, 0.717) is 36.2 Å². The van der Waals surface area contributed by atoms with E-state index in [1.54, 1.807) is 10.9 Å². The van der Waals surface area contributed by atoms with E-state index < -0.39 is 0 Å². The number of nitrogens with one attached hydrogen (secondary N) is 1. The second-order valence-corrected chi connectivity index (χ2v) is 8.04. The molecule has 0 unspecified atom stereocenters. The Balaban J connectivity index is 1.56. The summed E-state index contributed by atoms with van der Waals surface area (Å²) in [6.07, 6.45) is 3.91. The zero-order chi connectivity index (χ0) is 22.1. The van der Waals surface area contributed by atoms with Gasteiger partial charge in [0.05, 0.1) is 23.3 Å². The van der Waals surface area contributed by atoms with Gasteiger partial charge in [0.15, 0.2) is 11.5 Å². The highest BCUT2D eigenvalue weighted by Crippen LogP contribution is 2.40. The van der Waals surface area contributed by atoms with Crippen LogP contribution in [-0.2, 0) is 11.3 Å². The number of hydrogen-bond acceptors (Lipinski definition) is 5. The molecule has 162 valence electrons. The van der Waals surface area contributed by atoms with Crippen LogP contribution in [0.25, 0.3) is 16.9 Å². The maximum atomic E-state index is 13.4. The number of rotatable bonds is 7. The van der Waals surface area contributed by atoms with Gasteiger partial charge in [-0.25, -0.2) is 9.97 Å². The molecule has 1 aromatic carbocycles. The summed E-state index contributed by atoms with van der Waals surface area (Å²) in [5, 5.41) is 8.48. The third kappa shape index (κ3) is 3.99. The summed E-state index contributed by atoms with van der Waals surface area (Å²) in [4.78, 5) is 22.7. The maximum absolute atomic E-state index is 13.4. The van der Waals surface area contributed by atoms with Crippen molar-refractivity contribution in [1.29, 1.82) is 0 Å². The first-order valence-corrected chi connectivity index (χ1v) is 10.9. The second-order valence-electron chi connectivity index (χ2n) is 8.04. The van der Waals surface area contributed by atoms with E-state index in [4.69, 9.17) is 9.72 Å². The molecule has 0 atom stereocenters. The van der Waals surface area contributed by atoms with Crippen molar-refractivity contribution in [3.05, 3.63) is 77.2 Å². The van der Waals surface area contributed by atoms with E-state index in [-0.39, 0.29) is 5.91 Å². The highest BCUT2D eigenvalue weighted by Gasteiger charge is 2.29. The van der Waals surface area contributed by atoms with Gasteiger partial charge in [0, 0.05) is 30.1 Å². The van der Waals surface area contributed by atoms with Gasteiger partial charge in [0.2, 0.25) is 0 Å². The van der Waals surface area contributed by atoms with Crippen molar-refractivity contribution in [2.75, 3.05) is 11.9 Å². The van der Waals surface area contributed by atoms with Crippen molar-refractivity contribution in [1.82, 2.24) is 19.7 Å². The SMILES string of the molecule is CCOCc1cccc(NC(=O)c2cc(C3CC3)nc3c2c(C)nn3-c2ccccn2)c1. The molecule has 7 heteroatoms. The van der Waals surface area contributed by atoms with Crippen molar-refractivity contribution in [2.24, 2.45) is 0 Å². The third-order valence-corrected chi connectivity index (χ3v) is 5.60. The number of benzene rings is 1. The minimum atomic E-state index is -0.170. The number of carbonyl (C=O) groups is 1. The molecular weight excluding hydrogens is 402 g/mol. The zero-order valence-corrected chi connectivity index (χ0v) is 18.2. The fraction of sp³-hybridized carbons (Fsp3) is 0.280. The Hall–Kier alpha value is -3.58. The number of aryl methyl sites for hydroxylation is 1. The monoisotopic (exact) mass is 427 g/mol. The molecule has 0 aliphatic heterocycles. The quantitative estimate of drug-likeness (QED) is 0.459. The Morgan fingerprint density at radius 1 is 1.19 bits per heavy atom. The van der Waals surface area contributed by atoms with Gasteiger partial charge < -0.3 is 10.1 Å². The molecule has 5 rings (SSSR count). The number of aromatic nitrogens is 4. The molecule has 32 heavy (non-hydrogen) atoms. The fourth-order valence-electron chi connectivity index (χ4n) is 3.87. The van der Waals surface area contributed by atoms with Crippen LogP contribution in [0, 0.1) is 6.92 Å². The predicted octanol–water partition coefficient (Wildman–Crippen LogP) is 4.79. The number of anilines is 1. The summed E-state index contributed by atoms with van der Waals surface area (Å²) in [7, 11) is 0. The van der Waals surface area contributed by atoms with Crippen molar-refractivity contribution in [3.8, 4) is 5.82 Å². The molecule has 1 aliphatic rings. The van der Waals surface area contributed by atoms with Crippen LogP contribution in [0.2, 0.25) is 0 Å². The van der Waals surface area contributed by atoms with E-state index in [9.17, 15) is 4.79 Å². The molecule has 3 heterocycles. The zero-order valence-electron chi connectivity index (χ0n) is 18.2. The first-order valence-electron chi connectivity index (χ1n) is 10.9. The largest absolute Gasteiger partial charge is 0.377 e. The van der Waals surface area contributed by atoms with Crippen LogP contribution in [0.3, 0.4) is 0 Å². The average Bonchev–Trinajstić information content (AvgIpc) is 3.61. The average molecular weight is 428 g/mol. The number of ether oxygens (including phenoxy) is 1. The highest BCUT2D eigenvalue weighted by molar-refractivity contribution is 6.12. The van der Waals surface area contributed by atoms with E-state index in [2.05, 4.69) is 15.4 Å². The second kappa shape index (κ2) is 8.51. The summed E-state index contributed by atoms with van der Waals surface area (Å²) in [5.74, 6) is 0.908. The van der Waals surface area contributed by atoms with Crippen LogP contribution >= 0.6 is 0 Å². The van der Waals surface area contributed by atoms with E-state index in [1.807, 2.05) is 62.4 Å². The van der Waals surface area contributed by atoms with Crippen LogP contribution in [0.4, 0.5) is 5.69 Å². The summed E-state index contributed by atoms with van der Waals surface area (Å²) < 4.78 is 7.23.